The molecule has 0 saturated heterocycles. The lowest BCUT2D eigenvalue weighted by molar-refractivity contribution is -0.384. The number of hydrogen-bond donors (Lipinski definition) is 1. The van der Waals surface area contributed by atoms with Crippen LogP contribution in [0.15, 0.2) is 90.2 Å². The monoisotopic (exact) mass is 542 g/mol. The molecule has 0 radical (unpaired) electrons. The molecule has 2 aromatic heterocycles. The number of para-hydroxylation sites is 1. The van der Waals surface area contributed by atoms with Crippen molar-refractivity contribution in [2.75, 3.05) is 11.1 Å². The van der Waals surface area contributed by atoms with Crippen LogP contribution in [0.25, 0.3) is 17.1 Å². The first-order valence-electron chi connectivity index (χ1n) is 11.7. The van der Waals surface area contributed by atoms with Gasteiger partial charge in [0.05, 0.1) is 16.4 Å². The van der Waals surface area contributed by atoms with Crippen LogP contribution in [-0.4, -0.2) is 36.3 Å². The molecule has 3 aromatic carbocycles. The second kappa shape index (κ2) is 11.4. The van der Waals surface area contributed by atoms with Crippen LogP contribution in [0.1, 0.15) is 16.0 Å². The predicted molar refractivity (Wildman–Crippen MR) is 149 cm³/mol. The van der Waals surface area contributed by atoms with Crippen molar-refractivity contribution in [3.05, 3.63) is 111 Å². The number of nitrogens with zero attached hydrogens (tertiary/aromatic N) is 5. The van der Waals surface area contributed by atoms with Crippen LogP contribution in [0.2, 0.25) is 0 Å². The van der Waals surface area contributed by atoms with Gasteiger partial charge in [-0.1, -0.05) is 72.4 Å². The van der Waals surface area contributed by atoms with E-state index in [1.54, 1.807) is 18.3 Å². The molecule has 0 fully saturated rings. The molecule has 0 aliphatic heterocycles. The van der Waals surface area contributed by atoms with E-state index in [1.165, 1.54) is 29.2 Å². The normalized spacial score (nSPS) is 10.9. The fourth-order valence-corrected chi connectivity index (χ4v) is 5.49. The Morgan fingerprint density at radius 2 is 1.84 bits per heavy atom. The zero-order valence-corrected chi connectivity index (χ0v) is 21.9. The van der Waals surface area contributed by atoms with E-state index in [0.717, 1.165) is 27.3 Å². The number of nitro groups is 1. The van der Waals surface area contributed by atoms with Crippen LogP contribution in [0, 0.1) is 17.0 Å². The molecule has 0 bridgehead atoms. The molecule has 5 aromatic rings. The number of anilines is 1. The number of thioether (sulfide) groups is 1. The van der Waals surface area contributed by atoms with Crippen LogP contribution in [-0.2, 0) is 11.2 Å². The van der Waals surface area contributed by atoms with Gasteiger partial charge in [-0.25, -0.2) is 4.98 Å². The Hall–Kier alpha value is -4.35. The molecule has 0 unspecified atom stereocenters. The topological polar surface area (TPSA) is 116 Å². The van der Waals surface area contributed by atoms with Gasteiger partial charge in [-0.15, -0.1) is 21.5 Å². The molecule has 0 aliphatic carbocycles. The number of carbonyl (C=O) groups excluding carboxylic acids is 1. The summed E-state index contributed by atoms with van der Waals surface area (Å²) in [6.45, 7) is 2.03. The van der Waals surface area contributed by atoms with Crippen molar-refractivity contribution in [3.63, 3.8) is 0 Å². The number of nitro benzene ring substituents is 1. The van der Waals surface area contributed by atoms with Crippen molar-refractivity contribution < 1.29 is 9.72 Å². The first-order valence-corrected chi connectivity index (χ1v) is 13.5. The third-order valence-electron chi connectivity index (χ3n) is 5.65. The second-order valence-corrected chi connectivity index (χ2v) is 10.4. The lowest BCUT2D eigenvalue weighted by Gasteiger charge is -2.12. The largest absolute Gasteiger partial charge is 0.301 e. The third-order valence-corrected chi connectivity index (χ3v) is 7.50. The minimum absolute atomic E-state index is 0.0477. The number of rotatable bonds is 9. The molecule has 9 nitrogen and oxygen atoms in total. The Balaban J connectivity index is 1.28. The van der Waals surface area contributed by atoms with Crippen LogP contribution in [0.3, 0.4) is 0 Å². The highest BCUT2D eigenvalue weighted by atomic mass is 32.2. The van der Waals surface area contributed by atoms with Gasteiger partial charge < -0.3 is 5.32 Å². The van der Waals surface area contributed by atoms with Gasteiger partial charge >= 0.3 is 0 Å². The molecule has 0 aliphatic rings. The summed E-state index contributed by atoms with van der Waals surface area (Å²) in [5.41, 5.74) is 3.80. The fourth-order valence-electron chi connectivity index (χ4n) is 3.88. The number of thiazole rings is 1. The second-order valence-electron chi connectivity index (χ2n) is 8.37. The minimum Gasteiger partial charge on any atom is -0.301 e. The molecule has 5 rings (SSSR count). The van der Waals surface area contributed by atoms with E-state index in [9.17, 15) is 14.9 Å². The van der Waals surface area contributed by atoms with E-state index in [0.29, 0.717) is 22.5 Å². The highest BCUT2D eigenvalue weighted by Gasteiger charge is 2.19. The molecule has 0 atom stereocenters. The Morgan fingerprint density at radius 1 is 1.05 bits per heavy atom. The van der Waals surface area contributed by atoms with Gasteiger partial charge in [-0.3, -0.25) is 19.5 Å². The lowest BCUT2D eigenvalue weighted by Crippen LogP contribution is -2.14. The van der Waals surface area contributed by atoms with Crippen molar-refractivity contribution in [3.8, 4) is 17.1 Å². The number of amides is 1. The molecule has 38 heavy (non-hydrogen) atoms. The van der Waals surface area contributed by atoms with Gasteiger partial charge in [0.25, 0.3) is 5.69 Å². The number of benzene rings is 3. The zero-order chi connectivity index (χ0) is 26.5. The van der Waals surface area contributed by atoms with Gasteiger partial charge in [-0.2, -0.15) is 0 Å². The third kappa shape index (κ3) is 5.79. The summed E-state index contributed by atoms with van der Waals surface area (Å²) in [4.78, 5) is 28.6. The van der Waals surface area contributed by atoms with Crippen LogP contribution in [0.5, 0.6) is 0 Å². The number of hydrogen-bond acceptors (Lipinski definition) is 8. The molecular formula is C27H22N6O3S2. The van der Waals surface area contributed by atoms with Gasteiger partial charge in [0.15, 0.2) is 16.1 Å². The van der Waals surface area contributed by atoms with E-state index in [4.69, 9.17) is 0 Å². The smallest absolute Gasteiger partial charge is 0.269 e. The Bertz CT molecular complexity index is 1600. The maximum atomic E-state index is 12.8. The van der Waals surface area contributed by atoms with E-state index in [1.807, 2.05) is 72.2 Å². The van der Waals surface area contributed by atoms with Crippen LogP contribution >= 0.6 is 23.1 Å². The minimum atomic E-state index is -0.414. The average Bonchev–Trinajstić information content (AvgIpc) is 3.55. The van der Waals surface area contributed by atoms with Crippen molar-refractivity contribution >= 4 is 39.8 Å². The van der Waals surface area contributed by atoms with Gasteiger partial charge in [0, 0.05) is 35.2 Å². The summed E-state index contributed by atoms with van der Waals surface area (Å²) in [6, 6.07) is 24.3. The van der Waals surface area contributed by atoms with Crippen molar-refractivity contribution in [1.29, 1.82) is 0 Å². The molecule has 2 heterocycles. The zero-order valence-electron chi connectivity index (χ0n) is 20.3. The first-order chi connectivity index (χ1) is 18.5. The highest BCUT2D eigenvalue weighted by molar-refractivity contribution is 7.99. The molecule has 1 amide bonds. The Kier molecular flexibility index (Phi) is 7.57. The molecule has 0 saturated carbocycles. The summed E-state index contributed by atoms with van der Waals surface area (Å²) in [5, 5.41) is 23.8. The summed E-state index contributed by atoms with van der Waals surface area (Å²) >= 11 is 2.64. The summed E-state index contributed by atoms with van der Waals surface area (Å²) in [6.07, 6.45) is 2.17. The summed E-state index contributed by atoms with van der Waals surface area (Å²) in [7, 11) is 0. The van der Waals surface area contributed by atoms with E-state index < -0.39 is 4.92 Å². The van der Waals surface area contributed by atoms with Gasteiger partial charge in [-0.05, 0) is 24.1 Å². The Labute approximate surface area is 226 Å². The fraction of sp³-hybridized carbons (Fsp3) is 0.111. The predicted octanol–water partition coefficient (Wildman–Crippen LogP) is 5.93. The molecule has 0 spiro atoms. The standard InChI is InChI=1S/C27H22N6O3S2/c1-18-8-5-6-13-23(18)32-25(20-10-3-2-4-11-20)30-31-27(32)37-17-24(34)29-26-28-16-22(38-26)15-19-9-7-12-21(14-19)33(35)36/h2-14,16H,15,17H2,1H3,(H,28,29,34). The SMILES string of the molecule is Cc1ccccc1-n1c(SCC(=O)Nc2ncc(Cc3cccc([N+](=O)[O-])c3)s2)nnc1-c1ccccc1. The van der Waals surface area contributed by atoms with Crippen LogP contribution in [0.4, 0.5) is 10.8 Å². The number of aryl methyl sites for hydroxylation is 1. The number of aromatic nitrogens is 4. The van der Waals surface area contributed by atoms with E-state index in [-0.39, 0.29) is 17.3 Å². The first kappa shape index (κ1) is 25.3. The van der Waals surface area contributed by atoms with Crippen LogP contribution < -0.4 is 5.32 Å². The van der Waals surface area contributed by atoms with Crippen molar-refractivity contribution in [2.24, 2.45) is 0 Å². The maximum Gasteiger partial charge on any atom is 0.269 e. The Morgan fingerprint density at radius 3 is 2.63 bits per heavy atom. The quantitative estimate of drug-likeness (QED) is 0.139. The molecule has 190 valence electrons. The van der Waals surface area contributed by atoms with E-state index in [2.05, 4.69) is 20.5 Å². The van der Waals surface area contributed by atoms with Gasteiger partial charge in [0.2, 0.25) is 5.91 Å². The van der Waals surface area contributed by atoms with Gasteiger partial charge in [0.1, 0.15) is 0 Å². The average molecular weight is 543 g/mol. The maximum absolute atomic E-state index is 12.8. The number of carbonyl (C=O) groups is 1. The summed E-state index contributed by atoms with van der Waals surface area (Å²) < 4.78 is 1.98. The molecule has 1 N–H and O–H groups in total. The van der Waals surface area contributed by atoms with Crippen molar-refractivity contribution in [1.82, 2.24) is 19.7 Å². The van der Waals surface area contributed by atoms with Crippen molar-refractivity contribution in [2.45, 2.75) is 18.5 Å². The molecular weight excluding hydrogens is 520 g/mol. The number of nitrogens with one attached hydrogen (secondary N) is 1. The number of non-ortho nitro benzene ring substituents is 1. The summed E-state index contributed by atoms with van der Waals surface area (Å²) in [5.74, 6) is 0.610. The lowest BCUT2D eigenvalue weighted by atomic mass is 10.1. The van der Waals surface area contributed by atoms with E-state index >= 15 is 0 Å². The molecule has 11 heteroatoms. The highest BCUT2D eigenvalue weighted by Crippen LogP contribution is 2.30.